The fourth-order valence-corrected chi connectivity index (χ4v) is 3.98. The molecule has 0 unspecified atom stereocenters. The van der Waals surface area contributed by atoms with Crippen LogP contribution in [-0.4, -0.2) is 28.5 Å². The van der Waals surface area contributed by atoms with E-state index in [4.69, 9.17) is 0 Å². The van der Waals surface area contributed by atoms with Crippen LogP contribution in [0.3, 0.4) is 0 Å². The van der Waals surface area contributed by atoms with E-state index >= 15 is 0 Å². The van der Waals surface area contributed by atoms with E-state index in [9.17, 15) is 4.79 Å². The van der Waals surface area contributed by atoms with Crippen LogP contribution >= 0.6 is 0 Å². The van der Waals surface area contributed by atoms with Gasteiger partial charge in [0.25, 0.3) is 5.91 Å². The average molecular weight is 350 g/mol. The molecule has 136 valence electrons. The number of nitrogens with one attached hydrogen (secondary N) is 1. The van der Waals surface area contributed by atoms with Crippen molar-refractivity contribution in [3.8, 4) is 0 Å². The van der Waals surface area contributed by atoms with E-state index in [0.29, 0.717) is 11.6 Å². The number of amides is 1. The van der Waals surface area contributed by atoms with Gasteiger partial charge in [-0.1, -0.05) is 43.5 Å². The second kappa shape index (κ2) is 7.44. The van der Waals surface area contributed by atoms with Gasteiger partial charge in [0.05, 0.1) is 0 Å². The Kier molecular flexibility index (Phi) is 4.87. The number of carbonyl (C=O) groups excluding carboxylic acids is 1. The summed E-state index contributed by atoms with van der Waals surface area (Å²) < 4.78 is 0. The third kappa shape index (κ3) is 3.71. The molecule has 0 atom stereocenters. The Bertz CT molecular complexity index is 798. The van der Waals surface area contributed by atoms with Crippen molar-refractivity contribution in [2.45, 2.75) is 58.0 Å². The van der Waals surface area contributed by atoms with Crippen molar-refractivity contribution in [3.05, 3.63) is 52.8 Å². The molecule has 2 heterocycles. The first kappa shape index (κ1) is 17.0. The predicted molar refractivity (Wildman–Crippen MR) is 102 cm³/mol. The fourth-order valence-electron chi connectivity index (χ4n) is 3.98. The summed E-state index contributed by atoms with van der Waals surface area (Å²) in [5.74, 6) is 0.592. The lowest BCUT2D eigenvalue weighted by Crippen LogP contribution is -2.37. The van der Waals surface area contributed by atoms with E-state index < -0.39 is 0 Å². The Morgan fingerprint density at radius 3 is 2.69 bits per heavy atom. The second-order valence-corrected chi connectivity index (χ2v) is 7.44. The minimum absolute atomic E-state index is 0.0685. The molecule has 2 aliphatic rings. The normalized spacial score (nSPS) is 17.7. The molecule has 0 bridgehead atoms. The Hall–Kier alpha value is -2.43. The van der Waals surface area contributed by atoms with E-state index in [2.05, 4.69) is 44.5 Å². The minimum Gasteiger partial charge on any atom is -0.348 e. The molecule has 1 aromatic carbocycles. The molecule has 1 aliphatic heterocycles. The van der Waals surface area contributed by atoms with Crippen molar-refractivity contribution in [2.24, 2.45) is 0 Å². The van der Waals surface area contributed by atoms with Crippen molar-refractivity contribution in [3.63, 3.8) is 0 Å². The number of anilines is 1. The highest BCUT2D eigenvalue weighted by Gasteiger charge is 2.22. The summed E-state index contributed by atoms with van der Waals surface area (Å²) in [7, 11) is 0. The SMILES string of the molecule is Cc1cc(C(=O)NC2CCCCC2)nc(N2CCc3ccccc3C2)n1. The zero-order chi connectivity index (χ0) is 17.9. The molecule has 1 saturated carbocycles. The van der Waals surface area contributed by atoms with Crippen molar-refractivity contribution in [1.29, 1.82) is 0 Å². The van der Waals surface area contributed by atoms with E-state index in [0.717, 1.165) is 38.0 Å². The maximum atomic E-state index is 12.7. The van der Waals surface area contributed by atoms with Gasteiger partial charge in [0.15, 0.2) is 0 Å². The lowest BCUT2D eigenvalue weighted by molar-refractivity contribution is 0.0922. The van der Waals surface area contributed by atoms with Crippen LogP contribution in [-0.2, 0) is 13.0 Å². The molecule has 1 aromatic heterocycles. The number of hydrogen-bond donors (Lipinski definition) is 1. The molecule has 1 N–H and O–H groups in total. The predicted octanol–water partition coefficient (Wildman–Crippen LogP) is 3.41. The molecule has 26 heavy (non-hydrogen) atoms. The minimum atomic E-state index is -0.0685. The van der Waals surface area contributed by atoms with Gasteiger partial charge in [-0.3, -0.25) is 4.79 Å². The summed E-state index contributed by atoms with van der Waals surface area (Å²) >= 11 is 0. The first-order valence-electron chi connectivity index (χ1n) is 9.67. The monoisotopic (exact) mass is 350 g/mol. The number of nitrogens with zero attached hydrogens (tertiary/aromatic N) is 3. The van der Waals surface area contributed by atoms with E-state index in [1.54, 1.807) is 6.07 Å². The quantitative estimate of drug-likeness (QED) is 0.922. The number of benzene rings is 1. The van der Waals surface area contributed by atoms with Crippen LogP contribution in [0.5, 0.6) is 0 Å². The molecule has 1 aliphatic carbocycles. The summed E-state index contributed by atoms with van der Waals surface area (Å²) in [4.78, 5) is 24.0. The van der Waals surface area contributed by atoms with Gasteiger partial charge < -0.3 is 10.2 Å². The van der Waals surface area contributed by atoms with Gasteiger partial charge >= 0.3 is 0 Å². The Morgan fingerprint density at radius 2 is 1.88 bits per heavy atom. The lowest BCUT2D eigenvalue weighted by Gasteiger charge is -2.29. The summed E-state index contributed by atoms with van der Waals surface area (Å²) in [6.45, 7) is 3.61. The van der Waals surface area contributed by atoms with Crippen LogP contribution in [0, 0.1) is 6.92 Å². The first-order valence-corrected chi connectivity index (χ1v) is 9.67. The van der Waals surface area contributed by atoms with Crippen LogP contribution in [0.25, 0.3) is 0 Å². The third-order valence-electron chi connectivity index (χ3n) is 5.43. The smallest absolute Gasteiger partial charge is 0.270 e. The molecular weight excluding hydrogens is 324 g/mol. The molecule has 0 spiro atoms. The van der Waals surface area contributed by atoms with Crippen LogP contribution in [0.4, 0.5) is 5.95 Å². The largest absolute Gasteiger partial charge is 0.348 e. The summed E-state index contributed by atoms with van der Waals surface area (Å²) in [5, 5.41) is 3.16. The molecular formula is C21H26N4O. The van der Waals surface area contributed by atoms with Crippen molar-refractivity contribution in [1.82, 2.24) is 15.3 Å². The molecule has 5 nitrogen and oxygen atoms in total. The van der Waals surface area contributed by atoms with Gasteiger partial charge in [0.2, 0.25) is 5.95 Å². The van der Waals surface area contributed by atoms with Crippen molar-refractivity contribution >= 4 is 11.9 Å². The van der Waals surface area contributed by atoms with Gasteiger partial charge in [0, 0.05) is 24.8 Å². The summed E-state index contributed by atoms with van der Waals surface area (Å²) in [6.07, 6.45) is 6.81. The zero-order valence-electron chi connectivity index (χ0n) is 15.4. The number of aryl methyl sites for hydroxylation is 1. The topological polar surface area (TPSA) is 58.1 Å². The number of carbonyl (C=O) groups is 1. The van der Waals surface area contributed by atoms with E-state index in [-0.39, 0.29) is 11.9 Å². The lowest BCUT2D eigenvalue weighted by atomic mass is 9.95. The van der Waals surface area contributed by atoms with E-state index in [1.165, 1.54) is 30.4 Å². The molecule has 0 saturated heterocycles. The molecule has 4 rings (SSSR count). The van der Waals surface area contributed by atoms with Crippen LogP contribution in [0.15, 0.2) is 30.3 Å². The molecule has 5 heteroatoms. The number of hydrogen-bond acceptors (Lipinski definition) is 4. The number of fused-ring (bicyclic) bond motifs is 1. The number of aromatic nitrogens is 2. The van der Waals surface area contributed by atoms with Crippen LogP contribution in [0.1, 0.15) is 59.4 Å². The highest BCUT2D eigenvalue weighted by Crippen LogP contribution is 2.23. The fraction of sp³-hybridized carbons (Fsp3) is 0.476. The van der Waals surface area contributed by atoms with Gasteiger partial charge in [-0.2, -0.15) is 0 Å². The van der Waals surface area contributed by atoms with Gasteiger partial charge in [0.1, 0.15) is 5.69 Å². The average Bonchev–Trinajstić information content (AvgIpc) is 2.68. The maximum Gasteiger partial charge on any atom is 0.270 e. The maximum absolute atomic E-state index is 12.7. The third-order valence-corrected chi connectivity index (χ3v) is 5.43. The molecule has 1 amide bonds. The number of rotatable bonds is 3. The van der Waals surface area contributed by atoms with Crippen molar-refractivity contribution < 1.29 is 4.79 Å². The standard InChI is InChI=1S/C21H26N4O/c1-15-13-19(20(26)23-18-9-3-2-4-10-18)24-21(22-15)25-12-11-16-7-5-6-8-17(16)14-25/h5-8,13,18H,2-4,9-12,14H2,1H3,(H,23,26). The molecule has 2 aromatic rings. The first-order chi connectivity index (χ1) is 12.7. The summed E-state index contributed by atoms with van der Waals surface area (Å²) in [5.41, 5.74) is 4.03. The highest BCUT2D eigenvalue weighted by molar-refractivity contribution is 5.92. The highest BCUT2D eigenvalue weighted by atomic mass is 16.1. The van der Waals surface area contributed by atoms with Crippen LogP contribution in [0.2, 0.25) is 0 Å². The van der Waals surface area contributed by atoms with Crippen LogP contribution < -0.4 is 10.2 Å². The van der Waals surface area contributed by atoms with E-state index in [1.807, 2.05) is 6.92 Å². The Balaban J connectivity index is 1.52. The van der Waals surface area contributed by atoms with Crippen molar-refractivity contribution in [2.75, 3.05) is 11.4 Å². The molecule has 1 fully saturated rings. The zero-order valence-corrected chi connectivity index (χ0v) is 15.4. The summed E-state index contributed by atoms with van der Waals surface area (Å²) in [6, 6.07) is 10.6. The van der Waals surface area contributed by atoms with Gasteiger partial charge in [-0.15, -0.1) is 0 Å². The second-order valence-electron chi connectivity index (χ2n) is 7.44. The Morgan fingerprint density at radius 1 is 1.12 bits per heavy atom. The van der Waals surface area contributed by atoms with Gasteiger partial charge in [-0.05, 0) is 43.4 Å². The Labute approximate surface area is 154 Å². The molecule has 0 radical (unpaired) electrons. The van der Waals surface area contributed by atoms with Gasteiger partial charge in [-0.25, -0.2) is 9.97 Å².